The first-order valence-electron chi connectivity index (χ1n) is 31.6. The summed E-state index contributed by atoms with van der Waals surface area (Å²) in [5.74, 6) is 2.11. The van der Waals surface area contributed by atoms with Crippen molar-refractivity contribution < 1.29 is 39.4 Å². The van der Waals surface area contributed by atoms with Crippen LogP contribution in [0.2, 0.25) is 0 Å². The molecule has 83 heavy (non-hydrogen) atoms. The first-order valence-corrected chi connectivity index (χ1v) is 33.8. The maximum Gasteiger partial charge on any atom is 1.00 e. The molecule has 5 aromatic carbocycles. The molecule has 2 saturated heterocycles. The number of rotatable bonds is 22. The summed E-state index contributed by atoms with van der Waals surface area (Å²) in [6, 6.07) is 46.3. The van der Waals surface area contributed by atoms with Crippen LogP contribution in [0, 0.1) is 24.7 Å². The Kier molecular flexibility index (Phi) is 28.6. The van der Waals surface area contributed by atoms with E-state index in [1.54, 1.807) is 0 Å². The van der Waals surface area contributed by atoms with Crippen molar-refractivity contribution in [3.8, 4) is 0 Å². The second kappa shape index (κ2) is 32.4. The summed E-state index contributed by atoms with van der Waals surface area (Å²) < 4.78 is 6.54. The van der Waals surface area contributed by atoms with Crippen LogP contribution in [0.25, 0.3) is 0 Å². The van der Waals surface area contributed by atoms with Crippen LogP contribution in [-0.2, 0) is 28.4 Å². The van der Waals surface area contributed by atoms with E-state index in [0.717, 1.165) is 49.2 Å². The van der Waals surface area contributed by atoms with Crippen LogP contribution in [0.4, 0.5) is 0 Å². The predicted octanol–water partition coefficient (Wildman–Crippen LogP) is 17.8. The zero-order chi connectivity index (χ0) is 60.8. The molecule has 7 heteroatoms. The van der Waals surface area contributed by atoms with Crippen LogP contribution in [0.5, 0.6) is 0 Å². The Labute approximate surface area is 548 Å². The summed E-state index contributed by atoms with van der Waals surface area (Å²) in [4.78, 5) is 4.85. The van der Waals surface area contributed by atoms with E-state index in [-0.39, 0.29) is 63.9 Å². The number of aryl methyl sites for hydroxylation is 3. The van der Waals surface area contributed by atoms with Gasteiger partial charge in [0.15, 0.2) is 0 Å². The van der Waals surface area contributed by atoms with Crippen LogP contribution in [-0.4, -0.2) is 58.3 Å². The average molecular weight is 1270 g/mol. The van der Waals surface area contributed by atoms with Gasteiger partial charge in [-0.15, -0.1) is 6.10 Å². The third-order valence-electron chi connectivity index (χ3n) is 20.0. The van der Waals surface area contributed by atoms with Gasteiger partial charge in [0.2, 0.25) is 0 Å². The summed E-state index contributed by atoms with van der Waals surface area (Å²) >= 11 is 7.17. The van der Waals surface area contributed by atoms with Gasteiger partial charge in [0.1, 0.15) is 0 Å². The zero-order valence-electron chi connectivity index (χ0n) is 56.1. The van der Waals surface area contributed by atoms with Crippen molar-refractivity contribution in [3.05, 3.63) is 177 Å². The van der Waals surface area contributed by atoms with Gasteiger partial charge in [-0.1, -0.05) is 226 Å². The van der Waals surface area contributed by atoms with E-state index in [1.165, 1.54) is 94.2 Å². The molecule has 0 radical (unpaired) electrons. The first-order chi connectivity index (χ1) is 38.3. The molecule has 2 aliphatic rings. The number of hydrogen-bond donors (Lipinski definition) is 0. The number of hydrogen-bond acceptors (Lipinski definition) is 4. The number of halogens is 2. The number of nitrogens with zero attached hydrogens (tertiary/aromatic N) is 2. The smallest absolute Gasteiger partial charge is 0.852 e. The van der Waals surface area contributed by atoms with E-state index in [9.17, 15) is 5.11 Å². The number of piperidine rings is 2. The molecule has 0 bridgehead atoms. The van der Waals surface area contributed by atoms with Gasteiger partial charge in [-0.3, -0.25) is 9.80 Å². The predicted molar refractivity (Wildman–Crippen MR) is 361 cm³/mol. The van der Waals surface area contributed by atoms with Gasteiger partial charge in [0, 0.05) is 32.8 Å². The van der Waals surface area contributed by atoms with E-state index < -0.39 is 0 Å². The van der Waals surface area contributed by atoms with Crippen LogP contribution in [0.1, 0.15) is 254 Å². The fourth-order valence-electron chi connectivity index (χ4n) is 13.1. The third-order valence-corrected chi connectivity index (χ3v) is 21.3. The van der Waals surface area contributed by atoms with Crippen molar-refractivity contribution in [3.63, 3.8) is 0 Å². The molecule has 2 heterocycles. The molecule has 0 aromatic heterocycles. The fraction of sp³-hybridized carbons (Fsp3) is 0.605. The van der Waals surface area contributed by atoms with Crippen molar-refractivity contribution in [2.24, 2.45) is 10.8 Å². The molecule has 0 saturated carbocycles. The second-order valence-corrected chi connectivity index (χ2v) is 30.7. The van der Waals surface area contributed by atoms with Crippen LogP contribution >= 0.6 is 31.9 Å². The molecule has 4 unspecified atom stereocenters. The Balaban J connectivity index is 0.000000330. The minimum Gasteiger partial charge on any atom is -0.852 e. The van der Waals surface area contributed by atoms with Crippen molar-refractivity contribution in [1.29, 1.82) is 0 Å². The number of alkyl halides is 2. The topological polar surface area (TPSA) is 38.8 Å². The maximum absolute atomic E-state index is 11.5. The summed E-state index contributed by atoms with van der Waals surface area (Å²) in [6.07, 6.45) is 13.1. The molecular formula is C76H113Br2N2NaO2. The quantitative estimate of drug-likeness (QED) is 0.0511. The average Bonchev–Trinajstić information content (AvgIpc) is 3.51. The molecule has 0 amide bonds. The van der Waals surface area contributed by atoms with Crippen LogP contribution in [0.3, 0.4) is 0 Å². The summed E-state index contributed by atoms with van der Waals surface area (Å²) in [5.41, 5.74) is 15.1. The summed E-state index contributed by atoms with van der Waals surface area (Å²) in [7, 11) is 4.37. The number of ether oxygens (including phenoxy) is 1. The number of benzene rings is 5. The SMILES string of the molecule is CCC(C)(C)CC(CC(CC(C)c1ccc(COC2CC(C)(C)N(C)C(C)(C)C2)cc1)c1ccc(CBr)cc1)c1ccc(C)cc1.CCC(C)(C)CC(CCc1ccc(CBr)cc1)c1ccc(C)cc1.CN1C(C)(C)CC([O-])CC1(C)C.[Na+]. The van der Waals surface area contributed by atoms with E-state index >= 15 is 0 Å². The molecule has 454 valence electrons. The number of likely N-dealkylation sites (tertiary alicyclic amines) is 2. The molecule has 2 fully saturated rings. The second-order valence-electron chi connectivity index (χ2n) is 29.6. The minimum absolute atomic E-state index is 0. The van der Waals surface area contributed by atoms with Gasteiger partial charge in [-0.2, -0.15) is 0 Å². The first kappa shape index (κ1) is 73.4. The monoisotopic (exact) mass is 1270 g/mol. The zero-order valence-corrected chi connectivity index (χ0v) is 61.3. The Morgan fingerprint density at radius 1 is 0.506 bits per heavy atom. The molecule has 7 rings (SSSR count). The standard InChI is InChI=1S/C43H62BrNO.C23H31Br.C10H20NO.Na/c1-11-41(4,5)26-39(37-18-12-31(2)13-19-37)25-38(36-22-14-33(29-44)15-23-36)24-32(3)35-20-16-34(17-21-35)30-46-40-27-42(6,7)45(10)43(8,9)28-40;1-5-23(3,4)16-22(21-13-6-18(2)7-14-21)15-12-19-8-10-20(17-24)11-9-19;1-9(2)6-8(12)7-10(3,4)11(9)5;/h12-23,32,38-40H,11,24-30H2,1-10H3;6-11,13-14,22H,5,12,15-17H2,1-4H3;8H,6-7H2,1-5H3;/q;;-1;+1. The minimum atomic E-state index is -0.383. The Morgan fingerprint density at radius 2 is 0.855 bits per heavy atom. The Bertz CT molecular complexity index is 2600. The van der Waals surface area contributed by atoms with Gasteiger partial charge in [-0.05, 0) is 227 Å². The Morgan fingerprint density at radius 3 is 1.29 bits per heavy atom. The normalized spacial score (nSPS) is 18.8. The molecule has 4 nitrogen and oxygen atoms in total. The molecule has 0 aliphatic carbocycles. The fourth-order valence-corrected chi connectivity index (χ4v) is 13.9. The van der Waals surface area contributed by atoms with Gasteiger partial charge in [0.25, 0.3) is 0 Å². The van der Waals surface area contributed by atoms with Gasteiger partial charge in [-0.25, -0.2) is 0 Å². The molecule has 2 aliphatic heterocycles. The summed E-state index contributed by atoms with van der Waals surface area (Å²) in [5, 5.41) is 13.3. The van der Waals surface area contributed by atoms with E-state index in [4.69, 9.17) is 4.74 Å². The van der Waals surface area contributed by atoms with Crippen molar-refractivity contribution in [1.82, 2.24) is 9.80 Å². The van der Waals surface area contributed by atoms with E-state index in [2.05, 4.69) is 295 Å². The Hall–Kier alpha value is -2.10. The van der Waals surface area contributed by atoms with Gasteiger partial charge >= 0.3 is 29.6 Å². The molecular weight excluding hydrogens is 1160 g/mol. The van der Waals surface area contributed by atoms with Gasteiger partial charge < -0.3 is 9.84 Å². The summed E-state index contributed by atoms with van der Waals surface area (Å²) in [6.45, 7) is 39.8. The molecule has 4 atom stereocenters. The molecule has 0 spiro atoms. The third kappa shape index (κ3) is 22.8. The largest absolute Gasteiger partial charge is 1.00 e. The molecule has 0 N–H and O–H groups in total. The van der Waals surface area contributed by atoms with Gasteiger partial charge in [0.05, 0.1) is 12.7 Å². The van der Waals surface area contributed by atoms with Crippen molar-refractivity contribution in [2.75, 3.05) is 14.1 Å². The van der Waals surface area contributed by atoms with E-state index in [1.807, 2.05) is 0 Å². The maximum atomic E-state index is 11.5. The van der Waals surface area contributed by atoms with Crippen LogP contribution in [0.15, 0.2) is 121 Å². The van der Waals surface area contributed by atoms with Crippen molar-refractivity contribution in [2.45, 2.75) is 270 Å². The van der Waals surface area contributed by atoms with Crippen molar-refractivity contribution >= 4 is 31.9 Å². The molecule has 5 aromatic rings. The van der Waals surface area contributed by atoms with E-state index in [0.29, 0.717) is 41.1 Å². The van der Waals surface area contributed by atoms with Crippen LogP contribution < -0.4 is 34.7 Å².